The zero-order valence-electron chi connectivity index (χ0n) is 28.8. The second-order valence-corrected chi connectivity index (χ2v) is 14.5. The van der Waals surface area contributed by atoms with E-state index >= 15 is 0 Å². The minimum atomic E-state index is 1.17. The monoisotopic (exact) mass is 669 g/mol. The standard InChI is InChI=1S/C52H31N/c1-2-12-39(13-3-1)53-51-41-14-5-4-10-32(41)24-25-47(51)48-27-26-44-40(17-9-19-46(44)52(48)53)36-23-22-33-28-35(21-20-34(33)29-36)38-30-37-11-8-18-45-42-15-6-7-16-43(42)49(31-38)50(37)45/h1-31H. The van der Waals surface area contributed by atoms with E-state index in [0.29, 0.717) is 0 Å². The molecule has 1 aliphatic rings. The number of hydrogen-bond donors (Lipinski definition) is 0. The molecule has 0 saturated carbocycles. The molecule has 53 heavy (non-hydrogen) atoms. The first-order valence-corrected chi connectivity index (χ1v) is 18.4. The fourth-order valence-electron chi connectivity index (χ4n) is 9.29. The molecule has 1 aromatic heterocycles. The van der Waals surface area contributed by atoms with Crippen LogP contribution in [0.3, 0.4) is 0 Å². The Labute approximate surface area is 306 Å². The lowest BCUT2D eigenvalue weighted by atomic mass is 9.92. The minimum Gasteiger partial charge on any atom is -0.308 e. The normalized spacial score (nSPS) is 12.2. The predicted molar refractivity (Wildman–Crippen MR) is 226 cm³/mol. The van der Waals surface area contributed by atoms with Crippen molar-refractivity contribution in [3.05, 3.63) is 188 Å². The summed E-state index contributed by atoms with van der Waals surface area (Å²) in [6.45, 7) is 0. The van der Waals surface area contributed by atoms with Crippen molar-refractivity contribution < 1.29 is 0 Å². The summed E-state index contributed by atoms with van der Waals surface area (Å²) < 4.78 is 2.49. The third-order valence-electron chi connectivity index (χ3n) is 11.7. The molecule has 0 aliphatic heterocycles. The molecule has 0 spiro atoms. The third-order valence-corrected chi connectivity index (χ3v) is 11.7. The third kappa shape index (κ3) is 4.08. The second-order valence-electron chi connectivity index (χ2n) is 14.5. The van der Waals surface area contributed by atoms with Gasteiger partial charge in [-0.1, -0.05) is 152 Å². The summed E-state index contributed by atoms with van der Waals surface area (Å²) in [5, 5.41) is 12.7. The second kappa shape index (κ2) is 10.8. The number of para-hydroxylation sites is 1. The summed E-state index contributed by atoms with van der Waals surface area (Å²) in [5.74, 6) is 0. The molecule has 12 rings (SSSR count). The summed E-state index contributed by atoms with van der Waals surface area (Å²) in [5.41, 5.74) is 14.0. The van der Waals surface area contributed by atoms with Crippen molar-refractivity contribution >= 4 is 64.9 Å². The van der Waals surface area contributed by atoms with Gasteiger partial charge in [0.25, 0.3) is 0 Å². The molecule has 11 aromatic rings. The summed E-state index contributed by atoms with van der Waals surface area (Å²) in [6, 6.07) is 69.8. The SMILES string of the molecule is c1ccc(-n2c3c4ccccc4ccc3c3ccc4c(-c5ccc6cc(-c7cc8c9c(cccc9c7)-c7ccccc7-8)ccc6c5)cccc4c32)cc1. The molecule has 0 radical (unpaired) electrons. The minimum absolute atomic E-state index is 1.17. The highest BCUT2D eigenvalue weighted by Crippen LogP contribution is 2.49. The Balaban J connectivity index is 1.02. The topological polar surface area (TPSA) is 4.93 Å². The maximum absolute atomic E-state index is 2.49. The van der Waals surface area contributed by atoms with Crippen molar-refractivity contribution in [3.63, 3.8) is 0 Å². The van der Waals surface area contributed by atoms with Crippen LogP contribution in [0.15, 0.2) is 188 Å². The fraction of sp³-hybridized carbons (Fsp3) is 0. The van der Waals surface area contributed by atoms with Crippen LogP contribution in [0.1, 0.15) is 0 Å². The van der Waals surface area contributed by atoms with Crippen LogP contribution in [0.2, 0.25) is 0 Å². The van der Waals surface area contributed by atoms with Gasteiger partial charge >= 0.3 is 0 Å². The average Bonchev–Trinajstić information content (AvgIpc) is 3.75. The maximum Gasteiger partial charge on any atom is 0.0619 e. The van der Waals surface area contributed by atoms with Gasteiger partial charge in [-0.2, -0.15) is 0 Å². The van der Waals surface area contributed by atoms with Gasteiger partial charge in [0.2, 0.25) is 0 Å². The van der Waals surface area contributed by atoms with Crippen LogP contribution in [-0.4, -0.2) is 4.57 Å². The van der Waals surface area contributed by atoms with Crippen molar-refractivity contribution in [3.8, 4) is 50.2 Å². The lowest BCUT2D eigenvalue weighted by molar-refractivity contribution is 1.19. The number of fused-ring (bicyclic) bond motifs is 11. The quantitative estimate of drug-likeness (QED) is 0.176. The van der Waals surface area contributed by atoms with Crippen LogP contribution in [0.25, 0.3) is 115 Å². The smallest absolute Gasteiger partial charge is 0.0619 e. The molecular formula is C52H31N. The number of rotatable bonds is 3. The van der Waals surface area contributed by atoms with E-state index in [1.54, 1.807) is 0 Å². The highest BCUT2D eigenvalue weighted by molar-refractivity contribution is 6.25. The average molecular weight is 670 g/mol. The van der Waals surface area contributed by atoms with E-state index in [-0.39, 0.29) is 0 Å². The van der Waals surface area contributed by atoms with E-state index < -0.39 is 0 Å². The molecule has 0 fully saturated rings. The highest BCUT2D eigenvalue weighted by Gasteiger charge is 2.22. The van der Waals surface area contributed by atoms with Gasteiger partial charge in [0, 0.05) is 27.2 Å². The first-order valence-electron chi connectivity index (χ1n) is 18.4. The van der Waals surface area contributed by atoms with Gasteiger partial charge in [0.15, 0.2) is 0 Å². The van der Waals surface area contributed by atoms with Crippen molar-refractivity contribution in [1.29, 1.82) is 0 Å². The van der Waals surface area contributed by atoms with Gasteiger partial charge in [-0.3, -0.25) is 0 Å². The molecule has 0 saturated heterocycles. The van der Waals surface area contributed by atoms with Gasteiger partial charge in [0.05, 0.1) is 11.0 Å². The van der Waals surface area contributed by atoms with Crippen molar-refractivity contribution in [1.82, 2.24) is 4.57 Å². The first kappa shape index (κ1) is 28.7. The highest BCUT2D eigenvalue weighted by atomic mass is 15.0. The number of aromatic nitrogens is 1. The lowest BCUT2D eigenvalue weighted by Crippen LogP contribution is -1.95. The fourth-order valence-corrected chi connectivity index (χ4v) is 9.29. The Kier molecular flexibility index (Phi) is 5.84. The Morgan fingerprint density at radius 3 is 1.68 bits per heavy atom. The van der Waals surface area contributed by atoms with Crippen LogP contribution in [0, 0.1) is 0 Å². The van der Waals surface area contributed by atoms with E-state index in [9.17, 15) is 0 Å². The molecule has 10 aromatic carbocycles. The van der Waals surface area contributed by atoms with Crippen LogP contribution in [0.5, 0.6) is 0 Å². The maximum atomic E-state index is 2.49. The van der Waals surface area contributed by atoms with Gasteiger partial charge in [-0.05, 0) is 113 Å². The van der Waals surface area contributed by atoms with E-state index in [1.807, 2.05) is 0 Å². The Bertz CT molecular complexity index is 3330. The van der Waals surface area contributed by atoms with E-state index in [2.05, 4.69) is 193 Å². The lowest BCUT2D eigenvalue weighted by Gasteiger charge is -2.13. The van der Waals surface area contributed by atoms with Gasteiger partial charge < -0.3 is 4.57 Å². The van der Waals surface area contributed by atoms with Crippen molar-refractivity contribution in [2.24, 2.45) is 0 Å². The summed E-state index contributed by atoms with van der Waals surface area (Å²) >= 11 is 0. The molecule has 1 heteroatoms. The molecule has 244 valence electrons. The van der Waals surface area contributed by atoms with E-state index in [1.165, 1.54) is 115 Å². The van der Waals surface area contributed by atoms with E-state index in [0.717, 1.165) is 0 Å². The molecule has 0 atom stereocenters. The van der Waals surface area contributed by atoms with Crippen LogP contribution in [0.4, 0.5) is 0 Å². The van der Waals surface area contributed by atoms with Gasteiger partial charge in [-0.25, -0.2) is 0 Å². The molecule has 1 heterocycles. The molecule has 0 N–H and O–H groups in total. The van der Waals surface area contributed by atoms with Crippen LogP contribution < -0.4 is 0 Å². The predicted octanol–water partition coefficient (Wildman–Crippen LogP) is 14.4. The van der Waals surface area contributed by atoms with Gasteiger partial charge in [0.1, 0.15) is 0 Å². The zero-order valence-corrected chi connectivity index (χ0v) is 28.8. The Hall–Kier alpha value is -6.96. The molecule has 0 unspecified atom stereocenters. The summed E-state index contributed by atoms with van der Waals surface area (Å²) in [4.78, 5) is 0. The van der Waals surface area contributed by atoms with Crippen LogP contribution >= 0.6 is 0 Å². The number of nitrogens with zero attached hydrogens (tertiary/aromatic N) is 1. The molecule has 0 amide bonds. The molecule has 1 aliphatic carbocycles. The summed E-state index contributed by atoms with van der Waals surface area (Å²) in [6.07, 6.45) is 0. The first-order chi connectivity index (χ1) is 26.3. The molecule has 1 nitrogen and oxygen atoms in total. The molecule has 0 bridgehead atoms. The zero-order chi connectivity index (χ0) is 34.6. The van der Waals surface area contributed by atoms with Crippen LogP contribution in [-0.2, 0) is 0 Å². The number of benzene rings is 10. The van der Waals surface area contributed by atoms with E-state index in [4.69, 9.17) is 0 Å². The van der Waals surface area contributed by atoms with Crippen molar-refractivity contribution in [2.45, 2.75) is 0 Å². The largest absolute Gasteiger partial charge is 0.308 e. The molecular weight excluding hydrogens is 639 g/mol. The summed E-state index contributed by atoms with van der Waals surface area (Å²) in [7, 11) is 0. The van der Waals surface area contributed by atoms with Crippen molar-refractivity contribution in [2.75, 3.05) is 0 Å². The van der Waals surface area contributed by atoms with Gasteiger partial charge in [-0.15, -0.1) is 0 Å². The number of hydrogen-bond acceptors (Lipinski definition) is 0. The Morgan fingerprint density at radius 1 is 0.264 bits per heavy atom. The Morgan fingerprint density at radius 2 is 0.811 bits per heavy atom.